The van der Waals surface area contributed by atoms with E-state index >= 15 is 0 Å². The van der Waals surface area contributed by atoms with Crippen molar-refractivity contribution in [3.63, 3.8) is 0 Å². The molecule has 1 aliphatic rings. The van der Waals surface area contributed by atoms with Gasteiger partial charge in [0.1, 0.15) is 17.2 Å². The van der Waals surface area contributed by atoms with Gasteiger partial charge in [0.05, 0.1) is 12.7 Å². The standard InChI is InChI=1S/C21H30N2O3/c1-4-16(2)15-23-10-8-21(24,9-11-23)14-19-13-20(22-26-19)17-6-5-7-18(12-17)25-3/h5-7,12-13,16,24H,4,8-11,14-15H2,1-3H3. The summed E-state index contributed by atoms with van der Waals surface area (Å²) in [7, 11) is 1.65. The van der Waals surface area contributed by atoms with Gasteiger partial charge in [-0.1, -0.05) is 37.6 Å². The van der Waals surface area contributed by atoms with Crippen LogP contribution in [0, 0.1) is 5.92 Å². The molecular weight excluding hydrogens is 328 g/mol. The van der Waals surface area contributed by atoms with E-state index in [0.29, 0.717) is 12.3 Å². The first-order chi connectivity index (χ1) is 12.5. The van der Waals surface area contributed by atoms with Crippen LogP contribution in [-0.2, 0) is 6.42 Å². The first-order valence-corrected chi connectivity index (χ1v) is 9.56. The number of benzene rings is 1. The Labute approximate surface area is 155 Å². The summed E-state index contributed by atoms with van der Waals surface area (Å²) in [5.74, 6) is 2.24. The molecule has 0 spiro atoms. The van der Waals surface area contributed by atoms with Crippen LogP contribution in [0.1, 0.15) is 38.9 Å². The minimum Gasteiger partial charge on any atom is -0.497 e. The van der Waals surface area contributed by atoms with Gasteiger partial charge in [0, 0.05) is 37.7 Å². The van der Waals surface area contributed by atoms with Crippen LogP contribution in [-0.4, -0.2) is 47.5 Å². The largest absolute Gasteiger partial charge is 0.497 e. The molecule has 0 amide bonds. The molecule has 1 aromatic carbocycles. The van der Waals surface area contributed by atoms with E-state index in [-0.39, 0.29) is 0 Å². The molecule has 0 radical (unpaired) electrons. The van der Waals surface area contributed by atoms with E-state index in [0.717, 1.165) is 55.2 Å². The fraction of sp³-hybridized carbons (Fsp3) is 0.571. The van der Waals surface area contributed by atoms with Crippen LogP contribution in [0.5, 0.6) is 5.75 Å². The predicted molar refractivity (Wildman–Crippen MR) is 102 cm³/mol. The number of ether oxygens (including phenoxy) is 1. The van der Waals surface area contributed by atoms with Crippen LogP contribution in [0.15, 0.2) is 34.9 Å². The number of methoxy groups -OCH3 is 1. The predicted octanol–water partition coefficient (Wildman–Crippen LogP) is 3.77. The maximum atomic E-state index is 11.0. The van der Waals surface area contributed by atoms with Crippen molar-refractivity contribution in [1.29, 1.82) is 0 Å². The lowest BCUT2D eigenvalue weighted by atomic mass is 9.87. The normalized spacial score (nSPS) is 18.6. The first kappa shape index (κ1) is 18.9. The smallest absolute Gasteiger partial charge is 0.140 e. The molecule has 3 rings (SSSR count). The van der Waals surface area contributed by atoms with Crippen molar-refractivity contribution >= 4 is 0 Å². The lowest BCUT2D eigenvalue weighted by Gasteiger charge is -2.38. The summed E-state index contributed by atoms with van der Waals surface area (Å²) in [5, 5.41) is 15.1. The number of rotatable bonds is 7. The molecule has 1 aliphatic heterocycles. The molecule has 26 heavy (non-hydrogen) atoms. The van der Waals surface area contributed by atoms with E-state index in [9.17, 15) is 5.11 Å². The molecule has 1 aromatic heterocycles. The van der Waals surface area contributed by atoms with Gasteiger partial charge in [-0.05, 0) is 30.9 Å². The van der Waals surface area contributed by atoms with E-state index in [1.54, 1.807) is 7.11 Å². The fourth-order valence-electron chi connectivity index (χ4n) is 3.54. The number of likely N-dealkylation sites (tertiary alicyclic amines) is 1. The Morgan fingerprint density at radius 2 is 2.08 bits per heavy atom. The molecule has 0 aliphatic carbocycles. The van der Waals surface area contributed by atoms with Gasteiger partial charge >= 0.3 is 0 Å². The van der Waals surface area contributed by atoms with E-state index < -0.39 is 5.60 Å². The summed E-state index contributed by atoms with van der Waals surface area (Å²) in [4.78, 5) is 2.46. The highest BCUT2D eigenvalue weighted by Gasteiger charge is 2.34. The lowest BCUT2D eigenvalue weighted by Crippen LogP contribution is -2.46. The second-order valence-corrected chi connectivity index (χ2v) is 7.63. The second-order valence-electron chi connectivity index (χ2n) is 7.63. The summed E-state index contributed by atoms with van der Waals surface area (Å²) in [6.45, 7) is 7.52. The Morgan fingerprint density at radius 3 is 2.77 bits per heavy atom. The lowest BCUT2D eigenvalue weighted by molar-refractivity contribution is -0.0272. The van der Waals surface area contributed by atoms with Crippen molar-refractivity contribution in [3.8, 4) is 17.0 Å². The monoisotopic (exact) mass is 358 g/mol. The van der Waals surface area contributed by atoms with Crippen LogP contribution >= 0.6 is 0 Å². The van der Waals surface area contributed by atoms with Gasteiger partial charge in [-0.3, -0.25) is 0 Å². The summed E-state index contributed by atoms with van der Waals surface area (Å²) < 4.78 is 10.8. The van der Waals surface area contributed by atoms with Gasteiger partial charge in [0.25, 0.3) is 0 Å². The van der Waals surface area contributed by atoms with Gasteiger partial charge < -0.3 is 19.3 Å². The van der Waals surface area contributed by atoms with E-state index in [2.05, 4.69) is 23.9 Å². The number of aromatic nitrogens is 1. The van der Waals surface area contributed by atoms with Crippen molar-refractivity contribution in [3.05, 3.63) is 36.1 Å². The number of hydrogen-bond acceptors (Lipinski definition) is 5. The minimum atomic E-state index is -0.697. The quantitative estimate of drug-likeness (QED) is 0.816. The molecule has 2 aromatic rings. The molecule has 5 heteroatoms. The fourth-order valence-corrected chi connectivity index (χ4v) is 3.54. The average molecular weight is 358 g/mol. The molecule has 1 unspecified atom stereocenters. The zero-order chi connectivity index (χ0) is 18.6. The van der Waals surface area contributed by atoms with Crippen LogP contribution in [0.3, 0.4) is 0 Å². The Hall–Kier alpha value is -1.85. The Morgan fingerprint density at radius 1 is 1.31 bits per heavy atom. The van der Waals surface area contributed by atoms with Crippen LogP contribution in [0.25, 0.3) is 11.3 Å². The topological polar surface area (TPSA) is 58.7 Å². The SMILES string of the molecule is CCC(C)CN1CCC(O)(Cc2cc(-c3cccc(OC)c3)no2)CC1. The zero-order valence-electron chi connectivity index (χ0n) is 16.1. The van der Waals surface area contributed by atoms with Gasteiger partial charge in [-0.15, -0.1) is 0 Å². The van der Waals surface area contributed by atoms with Crippen LogP contribution < -0.4 is 4.74 Å². The molecule has 5 nitrogen and oxygen atoms in total. The molecule has 0 bridgehead atoms. The number of aliphatic hydroxyl groups is 1. The third kappa shape index (κ3) is 4.65. The van der Waals surface area contributed by atoms with Crippen molar-refractivity contribution in [1.82, 2.24) is 10.1 Å². The second kappa shape index (κ2) is 8.23. The molecule has 1 N–H and O–H groups in total. The molecule has 0 saturated carbocycles. The van der Waals surface area contributed by atoms with Gasteiger partial charge in [0.15, 0.2) is 0 Å². The highest BCUT2D eigenvalue weighted by molar-refractivity contribution is 5.60. The Bertz CT molecular complexity index is 705. The molecule has 1 atom stereocenters. The Kier molecular flexibility index (Phi) is 5.99. The summed E-state index contributed by atoms with van der Waals surface area (Å²) in [6.07, 6.45) is 3.27. The first-order valence-electron chi connectivity index (χ1n) is 9.56. The number of nitrogens with zero attached hydrogens (tertiary/aromatic N) is 2. The van der Waals surface area contributed by atoms with E-state index in [4.69, 9.17) is 9.26 Å². The number of hydrogen-bond donors (Lipinski definition) is 1. The third-order valence-corrected chi connectivity index (χ3v) is 5.48. The summed E-state index contributed by atoms with van der Waals surface area (Å²) in [5.41, 5.74) is 1.03. The van der Waals surface area contributed by atoms with Crippen LogP contribution in [0.2, 0.25) is 0 Å². The molecule has 1 saturated heterocycles. The average Bonchev–Trinajstić information content (AvgIpc) is 3.11. The number of piperidine rings is 1. The van der Waals surface area contributed by atoms with Crippen molar-refractivity contribution < 1.29 is 14.4 Å². The molecule has 1 fully saturated rings. The highest BCUT2D eigenvalue weighted by Crippen LogP contribution is 2.29. The molecular formula is C21H30N2O3. The van der Waals surface area contributed by atoms with Crippen molar-refractivity contribution in [2.24, 2.45) is 5.92 Å². The summed E-state index contributed by atoms with van der Waals surface area (Å²) in [6, 6.07) is 9.68. The van der Waals surface area contributed by atoms with Gasteiger partial charge in [-0.25, -0.2) is 0 Å². The Balaban J connectivity index is 1.60. The maximum Gasteiger partial charge on any atom is 0.140 e. The van der Waals surface area contributed by atoms with Gasteiger partial charge in [0.2, 0.25) is 0 Å². The molecule has 2 heterocycles. The van der Waals surface area contributed by atoms with Gasteiger partial charge in [-0.2, -0.15) is 0 Å². The van der Waals surface area contributed by atoms with Crippen LogP contribution in [0.4, 0.5) is 0 Å². The zero-order valence-corrected chi connectivity index (χ0v) is 16.1. The highest BCUT2D eigenvalue weighted by atomic mass is 16.5. The third-order valence-electron chi connectivity index (χ3n) is 5.48. The van der Waals surface area contributed by atoms with E-state index in [1.807, 2.05) is 30.3 Å². The van der Waals surface area contributed by atoms with Crippen molar-refractivity contribution in [2.75, 3.05) is 26.7 Å². The van der Waals surface area contributed by atoms with E-state index in [1.165, 1.54) is 6.42 Å². The molecule has 142 valence electrons. The maximum absolute atomic E-state index is 11.0. The minimum absolute atomic E-state index is 0.515. The van der Waals surface area contributed by atoms with Crippen molar-refractivity contribution in [2.45, 2.75) is 45.1 Å². The summed E-state index contributed by atoms with van der Waals surface area (Å²) >= 11 is 0.